The third kappa shape index (κ3) is 1.41. The second-order valence-corrected chi connectivity index (χ2v) is 3.67. The van der Waals surface area contributed by atoms with Gasteiger partial charge in [-0.05, 0) is 24.7 Å². The average Bonchev–Trinajstić information content (AvgIpc) is 2.78. The molecule has 1 aliphatic rings. The standard InChI is InChI=1S/C10H9ClN2/c1-13-9(6-12)10(13)7-2-4-8(11)5-3-7/h2-5,9-10H,1H3/t9-,10-,13?/m0/s1. The van der Waals surface area contributed by atoms with Crippen LogP contribution in [0.2, 0.25) is 5.02 Å². The molecule has 1 fully saturated rings. The van der Waals surface area contributed by atoms with Crippen LogP contribution in [0.3, 0.4) is 0 Å². The number of nitriles is 1. The molecule has 3 heteroatoms. The van der Waals surface area contributed by atoms with E-state index in [1.807, 2.05) is 36.2 Å². The van der Waals surface area contributed by atoms with Gasteiger partial charge in [0.25, 0.3) is 0 Å². The zero-order valence-corrected chi connectivity index (χ0v) is 7.99. The summed E-state index contributed by atoms with van der Waals surface area (Å²) >= 11 is 5.76. The summed E-state index contributed by atoms with van der Waals surface area (Å²) in [6, 6.07) is 10.2. The Bertz CT molecular complexity index is 352. The van der Waals surface area contributed by atoms with Crippen LogP contribution >= 0.6 is 11.6 Å². The second-order valence-electron chi connectivity index (χ2n) is 3.24. The summed E-state index contributed by atoms with van der Waals surface area (Å²) in [6.45, 7) is 0. The summed E-state index contributed by atoms with van der Waals surface area (Å²) in [5, 5.41) is 9.48. The number of benzene rings is 1. The van der Waals surface area contributed by atoms with Crippen LogP contribution in [0.15, 0.2) is 24.3 Å². The molecule has 2 nitrogen and oxygen atoms in total. The molecule has 0 N–H and O–H groups in total. The van der Waals surface area contributed by atoms with Gasteiger partial charge in [0.2, 0.25) is 0 Å². The van der Waals surface area contributed by atoms with E-state index in [2.05, 4.69) is 6.07 Å². The first-order valence-corrected chi connectivity index (χ1v) is 4.49. The predicted molar refractivity (Wildman–Crippen MR) is 51.4 cm³/mol. The molecule has 1 aliphatic heterocycles. The summed E-state index contributed by atoms with van der Waals surface area (Å²) in [4.78, 5) is 2.03. The van der Waals surface area contributed by atoms with E-state index in [1.165, 1.54) is 5.56 Å². The SMILES string of the molecule is CN1[C@@H](C#N)[C@@H]1c1ccc(Cl)cc1. The number of nitrogens with zero attached hydrogens (tertiary/aromatic N) is 2. The molecular weight excluding hydrogens is 184 g/mol. The van der Waals surface area contributed by atoms with E-state index in [0.29, 0.717) is 0 Å². The molecule has 2 rings (SSSR count). The highest BCUT2D eigenvalue weighted by atomic mass is 35.5. The van der Waals surface area contributed by atoms with Gasteiger partial charge in [0.1, 0.15) is 6.04 Å². The Morgan fingerprint density at radius 1 is 1.38 bits per heavy atom. The van der Waals surface area contributed by atoms with Gasteiger partial charge >= 0.3 is 0 Å². The first-order valence-electron chi connectivity index (χ1n) is 4.11. The van der Waals surface area contributed by atoms with Crippen LogP contribution in [0.4, 0.5) is 0 Å². The maximum Gasteiger partial charge on any atom is 0.118 e. The molecule has 3 atom stereocenters. The Morgan fingerprint density at radius 2 is 2.00 bits per heavy atom. The van der Waals surface area contributed by atoms with Gasteiger partial charge in [0.05, 0.1) is 12.1 Å². The van der Waals surface area contributed by atoms with Crippen molar-refractivity contribution in [3.63, 3.8) is 0 Å². The van der Waals surface area contributed by atoms with Gasteiger partial charge in [0.15, 0.2) is 0 Å². The Balaban J connectivity index is 2.21. The van der Waals surface area contributed by atoms with Crippen molar-refractivity contribution in [3.8, 4) is 6.07 Å². The third-order valence-electron chi connectivity index (χ3n) is 2.43. The average molecular weight is 193 g/mol. The maximum atomic E-state index is 8.75. The van der Waals surface area contributed by atoms with E-state index >= 15 is 0 Å². The molecule has 0 spiro atoms. The third-order valence-corrected chi connectivity index (χ3v) is 2.68. The molecule has 1 unspecified atom stereocenters. The van der Waals surface area contributed by atoms with Crippen molar-refractivity contribution < 1.29 is 0 Å². The fourth-order valence-corrected chi connectivity index (χ4v) is 1.70. The van der Waals surface area contributed by atoms with E-state index in [4.69, 9.17) is 16.9 Å². The molecule has 13 heavy (non-hydrogen) atoms. The minimum Gasteiger partial charge on any atom is -0.280 e. The highest BCUT2D eigenvalue weighted by molar-refractivity contribution is 6.30. The quantitative estimate of drug-likeness (QED) is 0.638. The first-order chi connectivity index (χ1) is 6.24. The number of hydrogen-bond acceptors (Lipinski definition) is 2. The summed E-state index contributed by atoms with van der Waals surface area (Å²) in [7, 11) is 1.95. The number of hydrogen-bond donors (Lipinski definition) is 0. The fraction of sp³-hybridized carbons (Fsp3) is 0.300. The van der Waals surface area contributed by atoms with Gasteiger partial charge < -0.3 is 0 Å². The van der Waals surface area contributed by atoms with Crippen molar-refractivity contribution in [1.82, 2.24) is 4.90 Å². The van der Waals surface area contributed by atoms with E-state index in [0.717, 1.165) is 5.02 Å². The number of halogens is 1. The van der Waals surface area contributed by atoms with Crippen molar-refractivity contribution in [2.45, 2.75) is 12.1 Å². The monoisotopic (exact) mass is 192 g/mol. The Hall–Kier alpha value is -1.04. The zero-order chi connectivity index (χ0) is 9.42. The molecule has 0 saturated carbocycles. The Labute approximate surface area is 82.3 Å². The second kappa shape index (κ2) is 3.02. The van der Waals surface area contributed by atoms with Crippen molar-refractivity contribution in [3.05, 3.63) is 34.9 Å². The lowest BCUT2D eigenvalue weighted by Crippen LogP contribution is -1.87. The number of rotatable bonds is 1. The van der Waals surface area contributed by atoms with Crippen molar-refractivity contribution in [1.29, 1.82) is 5.26 Å². The minimum absolute atomic E-state index is 0.0428. The van der Waals surface area contributed by atoms with E-state index in [9.17, 15) is 0 Å². The minimum atomic E-state index is 0.0428. The Kier molecular flexibility index (Phi) is 1.99. The molecule has 66 valence electrons. The van der Waals surface area contributed by atoms with Crippen LogP contribution in [0.1, 0.15) is 11.6 Å². The van der Waals surface area contributed by atoms with E-state index < -0.39 is 0 Å². The topological polar surface area (TPSA) is 26.8 Å². The molecule has 1 saturated heterocycles. The molecule has 0 aliphatic carbocycles. The smallest absolute Gasteiger partial charge is 0.118 e. The largest absolute Gasteiger partial charge is 0.280 e. The van der Waals surface area contributed by atoms with Crippen molar-refractivity contribution >= 4 is 11.6 Å². The molecule has 0 bridgehead atoms. The molecule has 0 radical (unpaired) electrons. The highest BCUT2D eigenvalue weighted by Crippen LogP contribution is 2.40. The lowest BCUT2D eigenvalue weighted by molar-refractivity contribution is 0.615. The lowest BCUT2D eigenvalue weighted by atomic mass is 10.1. The summed E-state index contributed by atoms with van der Waals surface area (Å²) < 4.78 is 0. The van der Waals surface area contributed by atoms with E-state index in [-0.39, 0.29) is 12.1 Å². The van der Waals surface area contributed by atoms with Crippen LogP contribution in [-0.4, -0.2) is 18.0 Å². The summed E-state index contributed by atoms with van der Waals surface area (Å²) in [6.07, 6.45) is 0. The first kappa shape index (κ1) is 8.55. The molecule has 1 aromatic carbocycles. The van der Waals surface area contributed by atoms with Crippen LogP contribution in [0.25, 0.3) is 0 Å². The van der Waals surface area contributed by atoms with Gasteiger partial charge in [-0.3, -0.25) is 4.90 Å². The zero-order valence-electron chi connectivity index (χ0n) is 7.24. The van der Waals surface area contributed by atoms with Crippen LogP contribution in [-0.2, 0) is 0 Å². The lowest BCUT2D eigenvalue weighted by Gasteiger charge is -1.96. The molecule has 0 amide bonds. The summed E-state index contributed by atoms with van der Waals surface area (Å²) in [5.41, 5.74) is 1.17. The van der Waals surface area contributed by atoms with Gasteiger partial charge in [-0.25, -0.2) is 0 Å². The normalized spacial score (nSPS) is 31.0. The Morgan fingerprint density at radius 3 is 2.46 bits per heavy atom. The van der Waals surface area contributed by atoms with Gasteiger partial charge in [-0.2, -0.15) is 5.26 Å². The van der Waals surface area contributed by atoms with Crippen molar-refractivity contribution in [2.75, 3.05) is 7.05 Å². The number of likely N-dealkylation sites (N-methyl/N-ethyl adjacent to an activating group) is 1. The maximum absolute atomic E-state index is 8.75. The summed E-state index contributed by atoms with van der Waals surface area (Å²) in [5.74, 6) is 0. The van der Waals surface area contributed by atoms with Crippen LogP contribution in [0.5, 0.6) is 0 Å². The predicted octanol–water partition coefficient (Wildman–Crippen LogP) is 2.22. The molecular formula is C10H9ClN2. The molecule has 1 heterocycles. The van der Waals surface area contributed by atoms with Gasteiger partial charge in [0, 0.05) is 5.02 Å². The highest BCUT2D eigenvalue weighted by Gasteiger charge is 2.45. The molecule has 0 aromatic heterocycles. The van der Waals surface area contributed by atoms with Crippen molar-refractivity contribution in [2.24, 2.45) is 0 Å². The van der Waals surface area contributed by atoms with Gasteiger partial charge in [-0.15, -0.1) is 0 Å². The van der Waals surface area contributed by atoms with Crippen LogP contribution in [0, 0.1) is 11.3 Å². The fourth-order valence-electron chi connectivity index (χ4n) is 1.58. The van der Waals surface area contributed by atoms with Crippen LogP contribution < -0.4 is 0 Å². The molecule has 1 aromatic rings. The van der Waals surface area contributed by atoms with Gasteiger partial charge in [-0.1, -0.05) is 23.7 Å². The van der Waals surface area contributed by atoms with E-state index in [1.54, 1.807) is 0 Å².